The number of nitrogens with one attached hydrogen (secondary N) is 1. The van der Waals surface area contributed by atoms with E-state index in [0.29, 0.717) is 6.04 Å². The van der Waals surface area contributed by atoms with Crippen molar-refractivity contribution in [2.75, 3.05) is 6.54 Å². The predicted molar refractivity (Wildman–Crippen MR) is 80.0 cm³/mol. The highest BCUT2D eigenvalue weighted by molar-refractivity contribution is 14.1. The minimum Gasteiger partial charge on any atom is -0.310 e. The third-order valence-corrected chi connectivity index (χ3v) is 4.03. The minimum absolute atomic E-state index is 0.373. The first kappa shape index (κ1) is 14.0. The first-order chi connectivity index (χ1) is 7.69. The largest absolute Gasteiger partial charge is 0.310 e. The van der Waals surface area contributed by atoms with Crippen molar-refractivity contribution in [2.24, 2.45) is 0 Å². The van der Waals surface area contributed by atoms with Crippen LogP contribution in [-0.2, 0) is 0 Å². The Kier molecular flexibility index (Phi) is 6.39. The van der Waals surface area contributed by atoms with Gasteiger partial charge >= 0.3 is 0 Å². The molecule has 0 aliphatic rings. The standard InChI is InChI=1S/C13H17ClIN/c1-3-5-6-13(16-4-2)10-7-8-12(15)11(14)9-10/h3,7-9,13,16H,1,4-6H2,2H3. The van der Waals surface area contributed by atoms with Crippen LogP contribution in [0.3, 0.4) is 0 Å². The van der Waals surface area contributed by atoms with Gasteiger partial charge in [-0.2, -0.15) is 0 Å². The zero-order valence-electron chi connectivity index (χ0n) is 9.47. The molecule has 1 atom stereocenters. The summed E-state index contributed by atoms with van der Waals surface area (Å²) in [5.74, 6) is 0. The van der Waals surface area contributed by atoms with Crippen molar-refractivity contribution >= 4 is 34.2 Å². The monoisotopic (exact) mass is 349 g/mol. The van der Waals surface area contributed by atoms with Crippen LogP contribution in [0.5, 0.6) is 0 Å². The number of benzene rings is 1. The molecule has 0 amide bonds. The third kappa shape index (κ3) is 4.07. The number of halogens is 2. The fourth-order valence-corrected chi connectivity index (χ4v) is 2.17. The summed E-state index contributed by atoms with van der Waals surface area (Å²) in [6.45, 7) is 6.85. The summed E-state index contributed by atoms with van der Waals surface area (Å²) in [6.07, 6.45) is 4.04. The summed E-state index contributed by atoms with van der Waals surface area (Å²) in [7, 11) is 0. The van der Waals surface area contributed by atoms with Gasteiger partial charge in [-0.1, -0.05) is 30.7 Å². The van der Waals surface area contributed by atoms with Crippen molar-refractivity contribution in [2.45, 2.75) is 25.8 Å². The maximum absolute atomic E-state index is 6.14. The molecule has 0 aromatic heterocycles. The number of rotatable bonds is 6. The van der Waals surface area contributed by atoms with E-state index in [2.05, 4.69) is 59.6 Å². The molecule has 88 valence electrons. The zero-order valence-corrected chi connectivity index (χ0v) is 12.4. The van der Waals surface area contributed by atoms with Gasteiger partial charge < -0.3 is 5.32 Å². The van der Waals surface area contributed by atoms with Gasteiger partial charge in [0.15, 0.2) is 0 Å². The van der Waals surface area contributed by atoms with Gasteiger partial charge in [0.25, 0.3) is 0 Å². The summed E-state index contributed by atoms with van der Waals surface area (Å²) < 4.78 is 1.10. The van der Waals surface area contributed by atoms with Gasteiger partial charge in [-0.05, 0) is 59.7 Å². The molecule has 0 aliphatic carbocycles. The van der Waals surface area contributed by atoms with Crippen molar-refractivity contribution in [3.8, 4) is 0 Å². The van der Waals surface area contributed by atoms with E-state index in [0.717, 1.165) is 28.0 Å². The highest BCUT2D eigenvalue weighted by atomic mass is 127. The maximum atomic E-state index is 6.14. The second-order valence-electron chi connectivity index (χ2n) is 3.65. The summed E-state index contributed by atoms with van der Waals surface area (Å²) in [6, 6.07) is 6.64. The highest BCUT2D eigenvalue weighted by Gasteiger charge is 2.10. The molecule has 0 fully saturated rings. The average molecular weight is 350 g/mol. The molecule has 1 aromatic rings. The van der Waals surface area contributed by atoms with Crippen molar-refractivity contribution in [3.63, 3.8) is 0 Å². The van der Waals surface area contributed by atoms with E-state index in [1.165, 1.54) is 5.56 Å². The minimum atomic E-state index is 0.373. The van der Waals surface area contributed by atoms with E-state index in [1.807, 2.05) is 6.08 Å². The molecular weight excluding hydrogens is 333 g/mol. The zero-order chi connectivity index (χ0) is 12.0. The Labute approximate surface area is 116 Å². The van der Waals surface area contributed by atoms with Gasteiger partial charge in [0.05, 0.1) is 5.02 Å². The lowest BCUT2D eigenvalue weighted by atomic mass is 10.0. The third-order valence-electron chi connectivity index (χ3n) is 2.46. The van der Waals surface area contributed by atoms with Crippen LogP contribution in [0.15, 0.2) is 30.9 Å². The Morgan fingerprint density at radius 2 is 2.31 bits per heavy atom. The number of hydrogen-bond acceptors (Lipinski definition) is 1. The molecule has 0 spiro atoms. The molecule has 0 saturated carbocycles. The summed E-state index contributed by atoms with van der Waals surface area (Å²) in [5.41, 5.74) is 1.26. The van der Waals surface area contributed by atoms with Crippen molar-refractivity contribution in [1.29, 1.82) is 0 Å². The van der Waals surface area contributed by atoms with Gasteiger partial charge in [0.2, 0.25) is 0 Å². The number of allylic oxidation sites excluding steroid dienone is 1. The molecule has 16 heavy (non-hydrogen) atoms. The quantitative estimate of drug-likeness (QED) is 0.586. The Morgan fingerprint density at radius 1 is 1.56 bits per heavy atom. The second kappa shape index (κ2) is 7.30. The van der Waals surface area contributed by atoms with E-state index >= 15 is 0 Å². The van der Waals surface area contributed by atoms with Crippen molar-refractivity contribution in [1.82, 2.24) is 5.32 Å². The van der Waals surface area contributed by atoms with Crippen LogP contribution >= 0.6 is 34.2 Å². The molecule has 1 rings (SSSR count). The van der Waals surface area contributed by atoms with Crippen molar-refractivity contribution < 1.29 is 0 Å². The SMILES string of the molecule is C=CCCC(NCC)c1ccc(I)c(Cl)c1. The summed E-state index contributed by atoms with van der Waals surface area (Å²) >= 11 is 8.38. The molecule has 0 aliphatic heterocycles. The predicted octanol–water partition coefficient (Wildman–Crippen LogP) is 4.56. The van der Waals surface area contributed by atoms with Gasteiger partial charge in [-0.3, -0.25) is 0 Å². The molecular formula is C13H17ClIN. The molecule has 0 saturated heterocycles. The van der Waals surface area contributed by atoms with Crippen LogP contribution in [0.2, 0.25) is 5.02 Å². The van der Waals surface area contributed by atoms with Crippen molar-refractivity contribution in [3.05, 3.63) is 45.0 Å². The molecule has 1 nitrogen and oxygen atoms in total. The van der Waals surface area contributed by atoms with Crippen LogP contribution in [0, 0.1) is 3.57 Å². The lowest BCUT2D eigenvalue weighted by Gasteiger charge is -2.18. The Bertz CT molecular complexity index is 352. The van der Waals surface area contributed by atoms with E-state index in [1.54, 1.807) is 0 Å². The van der Waals surface area contributed by atoms with Crippen LogP contribution < -0.4 is 5.32 Å². The smallest absolute Gasteiger partial charge is 0.0542 e. The lowest BCUT2D eigenvalue weighted by Crippen LogP contribution is -2.20. The van der Waals surface area contributed by atoms with Gasteiger partial charge in [0, 0.05) is 9.61 Å². The average Bonchev–Trinajstić information content (AvgIpc) is 2.28. The van der Waals surface area contributed by atoms with Crippen LogP contribution in [-0.4, -0.2) is 6.54 Å². The number of hydrogen-bond donors (Lipinski definition) is 1. The van der Waals surface area contributed by atoms with E-state index in [9.17, 15) is 0 Å². The van der Waals surface area contributed by atoms with E-state index in [4.69, 9.17) is 11.6 Å². The maximum Gasteiger partial charge on any atom is 0.0542 e. The summed E-state index contributed by atoms with van der Waals surface area (Å²) in [4.78, 5) is 0. The van der Waals surface area contributed by atoms with Crippen LogP contribution in [0.4, 0.5) is 0 Å². The Morgan fingerprint density at radius 3 is 2.88 bits per heavy atom. The van der Waals surface area contributed by atoms with E-state index in [-0.39, 0.29) is 0 Å². The molecule has 3 heteroatoms. The highest BCUT2D eigenvalue weighted by Crippen LogP contribution is 2.25. The second-order valence-corrected chi connectivity index (χ2v) is 5.22. The molecule has 0 radical (unpaired) electrons. The lowest BCUT2D eigenvalue weighted by molar-refractivity contribution is 0.520. The Balaban J connectivity index is 2.82. The topological polar surface area (TPSA) is 12.0 Å². The van der Waals surface area contributed by atoms with Gasteiger partial charge in [0.1, 0.15) is 0 Å². The fraction of sp³-hybridized carbons (Fsp3) is 0.385. The molecule has 1 N–H and O–H groups in total. The molecule has 0 heterocycles. The first-order valence-corrected chi connectivity index (χ1v) is 6.94. The summed E-state index contributed by atoms with van der Waals surface area (Å²) in [5, 5.41) is 4.30. The van der Waals surface area contributed by atoms with Gasteiger partial charge in [-0.25, -0.2) is 0 Å². The first-order valence-electron chi connectivity index (χ1n) is 5.48. The molecule has 1 unspecified atom stereocenters. The normalized spacial score (nSPS) is 12.4. The molecule has 0 bridgehead atoms. The van der Waals surface area contributed by atoms with E-state index < -0.39 is 0 Å². The van der Waals surface area contributed by atoms with Crippen LogP contribution in [0.1, 0.15) is 31.4 Å². The molecule has 1 aromatic carbocycles. The van der Waals surface area contributed by atoms with Gasteiger partial charge in [-0.15, -0.1) is 6.58 Å². The fourth-order valence-electron chi connectivity index (χ4n) is 1.65. The van der Waals surface area contributed by atoms with Crippen LogP contribution in [0.25, 0.3) is 0 Å². The Hall–Kier alpha value is -0.0600.